The Labute approximate surface area is 102 Å². The van der Waals surface area contributed by atoms with Crippen molar-refractivity contribution in [3.8, 4) is 0 Å². The van der Waals surface area contributed by atoms with Crippen LogP contribution in [-0.2, 0) is 0 Å². The third-order valence-corrected chi connectivity index (χ3v) is 2.90. The van der Waals surface area contributed by atoms with Crippen LogP contribution < -0.4 is 5.32 Å². The molecule has 2 heteroatoms. The molecule has 0 aliphatic carbocycles. The zero-order chi connectivity index (χ0) is 12.1. The van der Waals surface area contributed by atoms with E-state index >= 15 is 0 Å². The minimum absolute atomic E-state index is 0.343. The normalized spacial score (nSPS) is 11.2. The zero-order valence-corrected chi connectivity index (χ0v) is 11.3. The fourth-order valence-corrected chi connectivity index (χ4v) is 1.82. The molecule has 0 fully saturated rings. The maximum absolute atomic E-state index is 8.61. The van der Waals surface area contributed by atoms with E-state index in [1.54, 1.807) is 0 Å². The fourth-order valence-electron chi connectivity index (χ4n) is 1.82. The van der Waals surface area contributed by atoms with E-state index in [1.165, 1.54) is 45.1 Å². The second kappa shape index (κ2) is 13.0. The molecule has 0 unspecified atom stereocenters. The molecule has 0 bridgehead atoms. The monoisotopic (exact) mass is 229 g/mol. The predicted molar refractivity (Wildman–Crippen MR) is 71.7 cm³/mol. The van der Waals surface area contributed by atoms with Crippen molar-refractivity contribution in [2.24, 2.45) is 5.92 Å². The topological polar surface area (TPSA) is 32.3 Å². The molecule has 0 spiro atoms. The maximum Gasteiger partial charge on any atom is 0.0431 e. The van der Waals surface area contributed by atoms with Crippen molar-refractivity contribution in [3.05, 3.63) is 0 Å². The van der Waals surface area contributed by atoms with Crippen molar-refractivity contribution in [2.75, 3.05) is 19.7 Å². The number of aliphatic hydroxyl groups is 1. The van der Waals surface area contributed by atoms with Crippen LogP contribution in [0.4, 0.5) is 0 Å². The molecule has 0 aromatic carbocycles. The van der Waals surface area contributed by atoms with Gasteiger partial charge in [-0.1, -0.05) is 39.5 Å². The second-order valence-corrected chi connectivity index (χ2v) is 5.13. The Morgan fingerprint density at radius 1 is 0.812 bits per heavy atom. The predicted octanol–water partition coefficient (Wildman–Crippen LogP) is 3.35. The van der Waals surface area contributed by atoms with E-state index in [9.17, 15) is 0 Å². The van der Waals surface area contributed by atoms with Crippen LogP contribution in [0.3, 0.4) is 0 Å². The number of rotatable bonds is 12. The van der Waals surface area contributed by atoms with Crippen LogP contribution in [0.2, 0.25) is 0 Å². The van der Waals surface area contributed by atoms with Gasteiger partial charge < -0.3 is 10.4 Å². The van der Waals surface area contributed by atoms with Gasteiger partial charge in [-0.05, 0) is 44.7 Å². The largest absolute Gasteiger partial charge is 0.396 e. The number of nitrogens with one attached hydrogen (secondary N) is 1. The third-order valence-electron chi connectivity index (χ3n) is 2.90. The van der Waals surface area contributed by atoms with E-state index in [0.717, 1.165) is 25.3 Å². The van der Waals surface area contributed by atoms with Gasteiger partial charge in [0.1, 0.15) is 0 Å². The molecule has 0 radical (unpaired) electrons. The quantitative estimate of drug-likeness (QED) is 0.503. The summed E-state index contributed by atoms with van der Waals surface area (Å²) in [6, 6.07) is 0. The van der Waals surface area contributed by atoms with E-state index in [0.29, 0.717) is 6.61 Å². The van der Waals surface area contributed by atoms with Gasteiger partial charge in [-0.25, -0.2) is 0 Å². The van der Waals surface area contributed by atoms with Crippen LogP contribution in [0.1, 0.15) is 65.2 Å². The average molecular weight is 229 g/mol. The van der Waals surface area contributed by atoms with Gasteiger partial charge in [0.05, 0.1) is 0 Å². The fraction of sp³-hybridized carbons (Fsp3) is 1.00. The summed E-state index contributed by atoms with van der Waals surface area (Å²) in [6.07, 6.45) is 10.2. The van der Waals surface area contributed by atoms with Gasteiger partial charge in [-0.15, -0.1) is 0 Å². The van der Waals surface area contributed by atoms with Gasteiger partial charge in [-0.3, -0.25) is 0 Å². The summed E-state index contributed by atoms with van der Waals surface area (Å²) in [6.45, 7) is 7.23. The molecule has 2 N–H and O–H groups in total. The van der Waals surface area contributed by atoms with Gasteiger partial charge >= 0.3 is 0 Å². The smallest absolute Gasteiger partial charge is 0.0431 e. The van der Waals surface area contributed by atoms with Gasteiger partial charge in [0.25, 0.3) is 0 Å². The Bertz CT molecular complexity index is 126. The molecule has 0 heterocycles. The van der Waals surface area contributed by atoms with E-state index < -0.39 is 0 Å². The second-order valence-electron chi connectivity index (χ2n) is 5.13. The average Bonchev–Trinajstić information content (AvgIpc) is 2.25. The Morgan fingerprint density at radius 3 is 1.94 bits per heavy atom. The Hall–Kier alpha value is -0.0800. The highest BCUT2D eigenvalue weighted by Gasteiger charge is 1.94. The zero-order valence-electron chi connectivity index (χ0n) is 11.3. The third kappa shape index (κ3) is 13.9. The summed E-state index contributed by atoms with van der Waals surface area (Å²) in [5.74, 6) is 0.865. The summed E-state index contributed by atoms with van der Waals surface area (Å²) >= 11 is 0. The Balaban J connectivity index is 2.88. The van der Waals surface area contributed by atoms with Gasteiger partial charge in [0, 0.05) is 6.61 Å². The van der Waals surface area contributed by atoms with Crippen molar-refractivity contribution in [2.45, 2.75) is 65.2 Å². The lowest BCUT2D eigenvalue weighted by Gasteiger charge is -2.05. The maximum atomic E-state index is 8.61. The first-order valence-corrected chi connectivity index (χ1v) is 7.09. The highest BCUT2D eigenvalue weighted by atomic mass is 16.2. The van der Waals surface area contributed by atoms with Crippen molar-refractivity contribution >= 4 is 0 Å². The van der Waals surface area contributed by atoms with E-state index in [-0.39, 0.29) is 0 Å². The molecule has 0 saturated carbocycles. The van der Waals surface area contributed by atoms with Crippen molar-refractivity contribution in [1.82, 2.24) is 5.32 Å². The molecule has 0 aliphatic rings. The van der Waals surface area contributed by atoms with Crippen LogP contribution in [0.25, 0.3) is 0 Å². The lowest BCUT2D eigenvalue weighted by molar-refractivity contribution is 0.283. The number of hydrogen-bond donors (Lipinski definition) is 2. The first kappa shape index (κ1) is 15.9. The highest BCUT2D eigenvalue weighted by Crippen LogP contribution is 2.08. The standard InChI is InChI=1S/C14H31NO/c1-14(2)10-6-3-4-7-11-15-12-8-5-9-13-16/h14-16H,3-13H2,1-2H3. The van der Waals surface area contributed by atoms with E-state index in [4.69, 9.17) is 5.11 Å². The van der Waals surface area contributed by atoms with Crippen LogP contribution >= 0.6 is 0 Å². The van der Waals surface area contributed by atoms with Crippen molar-refractivity contribution in [3.63, 3.8) is 0 Å². The first-order chi connectivity index (χ1) is 7.77. The Morgan fingerprint density at radius 2 is 1.38 bits per heavy atom. The minimum Gasteiger partial charge on any atom is -0.396 e. The molecule has 0 amide bonds. The molecular weight excluding hydrogens is 198 g/mol. The summed E-state index contributed by atoms with van der Waals surface area (Å²) in [7, 11) is 0. The number of aliphatic hydroxyl groups excluding tert-OH is 1. The van der Waals surface area contributed by atoms with Gasteiger partial charge in [0.2, 0.25) is 0 Å². The molecule has 0 aliphatic heterocycles. The molecule has 0 aromatic heterocycles. The minimum atomic E-state index is 0.343. The number of unbranched alkanes of at least 4 members (excludes halogenated alkanes) is 5. The molecule has 16 heavy (non-hydrogen) atoms. The van der Waals surface area contributed by atoms with Crippen molar-refractivity contribution in [1.29, 1.82) is 0 Å². The Kier molecular flexibility index (Phi) is 12.9. The lowest BCUT2D eigenvalue weighted by atomic mass is 10.0. The van der Waals surface area contributed by atoms with Crippen LogP contribution in [-0.4, -0.2) is 24.8 Å². The van der Waals surface area contributed by atoms with Crippen LogP contribution in [0.5, 0.6) is 0 Å². The molecule has 0 aromatic rings. The summed E-state index contributed by atoms with van der Waals surface area (Å²) < 4.78 is 0. The molecule has 2 nitrogen and oxygen atoms in total. The molecular formula is C14H31NO. The summed E-state index contributed by atoms with van der Waals surface area (Å²) in [5.41, 5.74) is 0. The molecule has 0 saturated heterocycles. The molecule has 0 rings (SSSR count). The van der Waals surface area contributed by atoms with Crippen LogP contribution in [0, 0.1) is 5.92 Å². The molecule has 0 atom stereocenters. The summed E-state index contributed by atoms with van der Waals surface area (Å²) in [5, 5.41) is 12.1. The molecule has 98 valence electrons. The summed E-state index contributed by atoms with van der Waals surface area (Å²) in [4.78, 5) is 0. The number of hydrogen-bond acceptors (Lipinski definition) is 2. The highest BCUT2D eigenvalue weighted by molar-refractivity contribution is 4.52. The van der Waals surface area contributed by atoms with Gasteiger partial charge in [0.15, 0.2) is 0 Å². The first-order valence-electron chi connectivity index (χ1n) is 7.09. The van der Waals surface area contributed by atoms with E-state index in [2.05, 4.69) is 19.2 Å². The van der Waals surface area contributed by atoms with Crippen molar-refractivity contribution < 1.29 is 5.11 Å². The van der Waals surface area contributed by atoms with E-state index in [1.807, 2.05) is 0 Å². The van der Waals surface area contributed by atoms with Gasteiger partial charge in [-0.2, -0.15) is 0 Å². The van der Waals surface area contributed by atoms with Crippen LogP contribution in [0.15, 0.2) is 0 Å². The SMILES string of the molecule is CC(C)CCCCCCNCCCCCO. The lowest BCUT2D eigenvalue weighted by Crippen LogP contribution is -2.16.